The summed E-state index contributed by atoms with van der Waals surface area (Å²) in [6.07, 6.45) is 4.33. The molecule has 1 aromatic carbocycles. The summed E-state index contributed by atoms with van der Waals surface area (Å²) in [7, 11) is 0. The Bertz CT molecular complexity index is 709. The summed E-state index contributed by atoms with van der Waals surface area (Å²) < 4.78 is 0. The second-order valence-electron chi connectivity index (χ2n) is 5.71. The minimum atomic E-state index is -0.749. The van der Waals surface area contributed by atoms with E-state index in [9.17, 15) is 4.79 Å². The van der Waals surface area contributed by atoms with Crippen LogP contribution in [0.2, 0.25) is 0 Å². The zero-order valence-corrected chi connectivity index (χ0v) is 14.3. The molecule has 0 saturated carbocycles. The van der Waals surface area contributed by atoms with Crippen molar-refractivity contribution in [2.45, 2.75) is 32.5 Å². The van der Waals surface area contributed by atoms with E-state index in [-0.39, 0.29) is 17.8 Å². The van der Waals surface area contributed by atoms with E-state index >= 15 is 0 Å². The summed E-state index contributed by atoms with van der Waals surface area (Å²) in [4.78, 5) is 19.9. The van der Waals surface area contributed by atoms with Crippen LogP contribution in [0.4, 0.5) is 5.69 Å². The summed E-state index contributed by atoms with van der Waals surface area (Å²) in [5.74, 6) is -0.217. The van der Waals surface area contributed by atoms with Crippen LogP contribution in [0.3, 0.4) is 0 Å². The third-order valence-corrected chi connectivity index (χ3v) is 3.65. The second-order valence-corrected chi connectivity index (χ2v) is 5.71. The molecule has 8 heteroatoms. The van der Waals surface area contributed by atoms with Gasteiger partial charge in [-0.3, -0.25) is 10.1 Å². The van der Waals surface area contributed by atoms with Crippen molar-refractivity contribution in [3.8, 4) is 0 Å². The third-order valence-electron chi connectivity index (χ3n) is 3.65. The minimum Gasteiger partial charge on any atom is -0.394 e. The Morgan fingerprint density at radius 2 is 2.08 bits per heavy atom. The van der Waals surface area contributed by atoms with Gasteiger partial charge in [-0.2, -0.15) is 0 Å². The third kappa shape index (κ3) is 5.32. The zero-order chi connectivity index (χ0) is 18.2. The van der Waals surface area contributed by atoms with Crippen molar-refractivity contribution in [2.75, 3.05) is 11.9 Å². The lowest BCUT2D eigenvalue weighted by atomic mass is 10.1. The molecule has 1 aliphatic heterocycles. The molecule has 0 radical (unpaired) electrons. The van der Waals surface area contributed by atoms with Gasteiger partial charge in [0.25, 0.3) is 5.91 Å². The molecule has 1 aromatic rings. The number of amides is 1. The fourth-order valence-corrected chi connectivity index (χ4v) is 2.36. The van der Waals surface area contributed by atoms with Crippen molar-refractivity contribution in [1.29, 1.82) is 0 Å². The monoisotopic (exact) mass is 343 g/mol. The van der Waals surface area contributed by atoms with Crippen LogP contribution in [0.25, 0.3) is 0 Å². The minimum absolute atomic E-state index is 0.0662. The number of primary amides is 1. The van der Waals surface area contributed by atoms with Gasteiger partial charge in [0.05, 0.1) is 0 Å². The van der Waals surface area contributed by atoms with Crippen molar-refractivity contribution in [3.63, 3.8) is 0 Å². The van der Waals surface area contributed by atoms with Crippen LogP contribution in [0.15, 0.2) is 46.0 Å². The first-order valence-corrected chi connectivity index (χ1v) is 8.29. The molecule has 8 N–H and O–H groups in total. The van der Waals surface area contributed by atoms with Crippen LogP contribution < -0.4 is 27.8 Å². The molecule has 0 aromatic heterocycles. The number of carbonyl (C=O) groups excluding carboxylic acids is 1. The number of rotatable bonds is 7. The Morgan fingerprint density at radius 3 is 2.80 bits per heavy atom. The van der Waals surface area contributed by atoms with Gasteiger partial charge in [0.2, 0.25) is 0 Å². The first kappa shape index (κ1) is 18.5. The largest absolute Gasteiger partial charge is 0.394 e. The molecule has 2 rings (SSSR count). The van der Waals surface area contributed by atoms with Crippen molar-refractivity contribution >= 4 is 23.3 Å². The van der Waals surface area contributed by atoms with Gasteiger partial charge in [0, 0.05) is 17.3 Å². The van der Waals surface area contributed by atoms with Gasteiger partial charge in [-0.25, -0.2) is 9.98 Å². The summed E-state index contributed by atoms with van der Waals surface area (Å²) in [5, 5.41) is 6.65. The van der Waals surface area contributed by atoms with Crippen LogP contribution in [-0.2, 0) is 4.79 Å². The molecule has 25 heavy (non-hydrogen) atoms. The van der Waals surface area contributed by atoms with E-state index in [1.165, 1.54) is 6.08 Å². The lowest BCUT2D eigenvalue weighted by Crippen LogP contribution is -2.39. The molecule has 1 amide bonds. The van der Waals surface area contributed by atoms with E-state index < -0.39 is 5.91 Å². The van der Waals surface area contributed by atoms with Gasteiger partial charge < -0.3 is 22.5 Å². The van der Waals surface area contributed by atoms with Gasteiger partial charge in [-0.05, 0) is 25.1 Å². The predicted octanol–water partition coefficient (Wildman–Crippen LogP) is 0.607. The molecule has 0 spiro atoms. The summed E-state index contributed by atoms with van der Waals surface area (Å²) >= 11 is 0. The molecule has 0 aliphatic carbocycles. The van der Waals surface area contributed by atoms with Crippen LogP contribution in [0, 0.1) is 0 Å². The van der Waals surface area contributed by atoms with Crippen molar-refractivity contribution in [2.24, 2.45) is 27.2 Å². The summed E-state index contributed by atoms with van der Waals surface area (Å²) in [6.45, 7) is 3.01. The predicted molar refractivity (Wildman–Crippen MR) is 101 cm³/mol. The highest BCUT2D eigenvalue weighted by Crippen LogP contribution is 2.22. The lowest BCUT2D eigenvalue weighted by Gasteiger charge is -2.24. The molecule has 1 aliphatic rings. The number of benzene rings is 1. The number of nitrogens with one attached hydrogen (secondary N) is 2. The van der Waals surface area contributed by atoms with E-state index in [2.05, 4.69) is 27.5 Å². The van der Waals surface area contributed by atoms with Crippen LogP contribution >= 0.6 is 0 Å². The molecule has 0 bridgehead atoms. The molecule has 1 unspecified atom stereocenters. The quantitative estimate of drug-likeness (QED) is 0.213. The summed E-state index contributed by atoms with van der Waals surface area (Å²) in [6, 6.07) is 7.67. The standard InChI is InChI=1S/C17H25N7O/c1-2-3-6-9-21-17-22-13-8-5-4-7-11(13)16(24-17)23-14(19)10-12(18)15(20)25/h4-5,7-8,10,17,21-22H,2-3,6,9,18H2,1H3,(H2,20,25)(H2,19,23,24). The van der Waals surface area contributed by atoms with Crippen LogP contribution in [-0.4, -0.2) is 30.4 Å². The number of nitrogens with zero attached hydrogens (tertiary/aromatic N) is 2. The number of fused-ring (bicyclic) bond motifs is 1. The van der Waals surface area contributed by atoms with Gasteiger partial charge in [-0.1, -0.05) is 31.9 Å². The van der Waals surface area contributed by atoms with E-state index in [1.54, 1.807) is 0 Å². The topological polar surface area (TPSA) is 144 Å². The van der Waals surface area contributed by atoms with Crippen molar-refractivity contribution < 1.29 is 4.79 Å². The number of hydrogen-bond donors (Lipinski definition) is 5. The fraction of sp³-hybridized carbons (Fsp3) is 0.353. The molecular weight excluding hydrogens is 318 g/mol. The highest BCUT2D eigenvalue weighted by Gasteiger charge is 2.19. The Balaban J connectivity index is 2.23. The van der Waals surface area contributed by atoms with Crippen LogP contribution in [0.1, 0.15) is 31.7 Å². The van der Waals surface area contributed by atoms with Gasteiger partial charge in [0.15, 0.2) is 12.1 Å². The first-order valence-electron chi connectivity index (χ1n) is 8.29. The number of anilines is 1. The van der Waals surface area contributed by atoms with E-state index in [0.717, 1.165) is 37.1 Å². The van der Waals surface area contributed by atoms with Crippen molar-refractivity contribution in [1.82, 2.24) is 5.32 Å². The molecular formula is C17H25N7O. The maximum absolute atomic E-state index is 11.0. The molecule has 8 nitrogen and oxygen atoms in total. The fourth-order valence-electron chi connectivity index (χ4n) is 2.36. The van der Waals surface area contributed by atoms with Gasteiger partial charge in [-0.15, -0.1) is 0 Å². The lowest BCUT2D eigenvalue weighted by molar-refractivity contribution is -0.114. The molecule has 1 atom stereocenters. The summed E-state index contributed by atoms with van der Waals surface area (Å²) in [5.41, 5.74) is 18.0. The second kappa shape index (κ2) is 8.84. The van der Waals surface area contributed by atoms with E-state index in [4.69, 9.17) is 17.2 Å². The van der Waals surface area contributed by atoms with Gasteiger partial charge >= 0.3 is 0 Å². The number of aliphatic imine (C=N–C) groups is 2. The zero-order valence-electron chi connectivity index (χ0n) is 14.3. The number of unbranched alkanes of at least 4 members (excludes halogenated alkanes) is 2. The van der Waals surface area contributed by atoms with E-state index in [0.29, 0.717) is 5.84 Å². The number of nitrogens with two attached hydrogens (primary N) is 3. The van der Waals surface area contributed by atoms with Gasteiger partial charge in [0.1, 0.15) is 11.5 Å². The average molecular weight is 343 g/mol. The highest BCUT2D eigenvalue weighted by molar-refractivity contribution is 6.13. The van der Waals surface area contributed by atoms with E-state index in [1.807, 2.05) is 24.3 Å². The highest BCUT2D eigenvalue weighted by atomic mass is 16.1. The Morgan fingerprint density at radius 1 is 1.32 bits per heavy atom. The SMILES string of the molecule is CCCCCNC1N=C(N=C(N)C=C(N)C(N)=O)c2ccccc2N1. The van der Waals surface area contributed by atoms with Crippen molar-refractivity contribution in [3.05, 3.63) is 41.6 Å². The normalized spacial score (nSPS) is 17.5. The van der Waals surface area contributed by atoms with Crippen LogP contribution in [0.5, 0.6) is 0 Å². The molecule has 134 valence electrons. The number of hydrogen-bond acceptors (Lipinski definition) is 6. The maximum atomic E-state index is 11.0. The molecule has 1 heterocycles. The molecule has 0 saturated heterocycles. The smallest absolute Gasteiger partial charge is 0.264 e. The average Bonchev–Trinajstić information content (AvgIpc) is 2.58. The Hall–Kier alpha value is -2.87. The maximum Gasteiger partial charge on any atom is 0.264 e. The Labute approximate surface area is 147 Å². The first-order chi connectivity index (χ1) is 12.0. The molecule has 0 fully saturated rings. The number of amidine groups is 2. The Kier molecular flexibility index (Phi) is 6.53. The number of carbonyl (C=O) groups is 1. The number of para-hydroxylation sites is 1.